The molecule has 16 rings (SSSR count). The van der Waals surface area contributed by atoms with Crippen LogP contribution in [-0.2, 0) is 21.7 Å². The zero-order chi connectivity index (χ0) is 57.3. The average Bonchev–Trinajstić information content (AvgIpc) is 1.06. The van der Waals surface area contributed by atoms with Crippen molar-refractivity contribution in [3.05, 3.63) is 213 Å². The Morgan fingerprint density at radius 1 is 0.333 bits per heavy atom. The van der Waals surface area contributed by atoms with Crippen molar-refractivity contribution in [1.82, 2.24) is 0 Å². The molecule has 0 radical (unpaired) electrons. The van der Waals surface area contributed by atoms with Gasteiger partial charge in [0.25, 0.3) is 0 Å². The molecular weight excluding hydrogens is 1030 g/mol. The third-order valence-corrected chi connectivity index (χ3v) is 20.5. The van der Waals surface area contributed by atoms with Gasteiger partial charge in [-0.25, -0.2) is 9.59 Å². The van der Waals surface area contributed by atoms with E-state index in [9.17, 15) is 9.59 Å². The highest BCUT2D eigenvalue weighted by atomic mass is 16.4. The maximum absolute atomic E-state index is 14.6. The van der Waals surface area contributed by atoms with E-state index >= 15 is 0 Å². The second kappa shape index (κ2) is 17.9. The fraction of sp³-hybridized carbons (Fsp3) is 0.256. The molecule has 0 aliphatic carbocycles. The summed E-state index contributed by atoms with van der Waals surface area (Å²) in [7, 11) is 0. The van der Waals surface area contributed by atoms with Crippen molar-refractivity contribution in [1.29, 1.82) is 0 Å². The lowest BCUT2D eigenvalue weighted by molar-refractivity contribution is 0.398. The first-order valence-electron chi connectivity index (χ1n) is 30.4. The van der Waals surface area contributed by atoms with E-state index in [4.69, 9.17) is 8.83 Å². The Morgan fingerprint density at radius 3 is 0.964 bits per heavy atom. The minimum Gasteiger partial charge on any atom is -0.422 e. The first kappa shape index (κ1) is 50.9. The van der Waals surface area contributed by atoms with Crippen LogP contribution in [0.2, 0.25) is 0 Å². The van der Waals surface area contributed by atoms with E-state index in [0.29, 0.717) is 11.1 Å². The van der Waals surface area contributed by atoms with Gasteiger partial charge < -0.3 is 18.6 Å². The van der Waals surface area contributed by atoms with Crippen LogP contribution in [-0.4, -0.2) is 26.2 Å². The number of anilines is 2. The van der Waals surface area contributed by atoms with Gasteiger partial charge >= 0.3 is 11.3 Å². The molecule has 0 spiro atoms. The van der Waals surface area contributed by atoms with Crippen LogP contribution in [0.1, 0.15) is 103 Å². The van der Waals surface area contributed by atoms with E-state index in [1.807, 2.05) is 0 Å². The molecule has 414 valence electrons. The molecule has 12 aromatic rings. The molecule has 0 saturated heterocycles. The number of fused-ring (bicyclic) bond motifs is 8. The van der Waals surface area contributed by atoms with Gasteiger partial charge in [0.1, 0.15) is 11.2 Å². The van der Waals surface area contributed by atoms with Crippen LogP contribution in [0.25, 0.3) is 121 Å². The molecule has 0 bridgehead atoms. The maximum atomic E-state index is 14.6. The van der Waals surface area contributed by atoms with Crippen molar-refractivity contribution in [3.8, 4) is 55.6 Å². The number of hydrogen-bond acceptors (Lipinski definition) is 6. The second-order valence-electron chi connectivity index (χ2n) is 27.4. The summed E-state index contributed by atoms with van der Waals surface area (Å²) in [6.07, 6.45) is 4.18. The van der Waals surface area contributed by atoms with Gasteiger partial charge in [-0.15, -0.1) is 0 Å². The lowest BCUT2D eigenvalue weighted by Crippen LogP contribution is -2.44. The fourth-order valence-electron chi connectivity index (χ4n) is 15.8. The minimum absolute atomic E-state index is 0.00587. The van der Waals surface area contributed by atoms with Gasteiger partial charge in [-0.2, -0.15) is 0 Å². The monoisotopic (exact) mass is 1100 g/mol. The highest BCUT2D eigenvalue weighted by Gasteiger charge is 2.44. The average molecular weight is 1100 g/mol. The molecule has 0 unspecified atom stereocenters. The Hall–Kier alpha value is -8.74. The molecule has 6 heteroatoms. The predicted molar refractivity (Wildman–Crippen MR) is 351 cm³/mol. The van der Waals surface area contributed by atoms with E-state index in [1.54, 1.807) is 0 Å². The number of nitrogens with zero attached hydrogens (tertiary/aromatic N) is 2. The van der Waals surface area contributed by atoms with Crippen LogP contribution >= 0.6 is 0 Å². The van der Waals surface area contributed by atoms with E-state index in [1.165, 1.54) is 44.8 Å². The molecule has 0 atom stereocenters. The molecule has 6 heterocycles. The lowest BCUT2D eigenvalue weighted by Gasteiger charge is -2.48. The lowest BCUT2D eigenvalue weighted by atomic mass is 9.69. The molecule has 6 nitrogen and oxygen atoms in total. The molecule has 0 amide bonds. The molecule has 84 heavy (non-hydrogen) atoms. The van der Waals surface area contributed by atoms with E-state index in [0.717, 1.165) is 150 Å². The first-order chi connectivity index (χ1) is 40.5. The van der Waals surface area contributed by atoms with Crippen molar-refractivity contribution in [2.24, 2.45) is 0 Å². The smallest absolute Gasteiger partial charge is 0.344 e. The van der Waals surface area contributed by atoms with Crippen LogP contribution in [0.5, 0.6) is 0 Å². The summed E-state index contributed by atoms with van der Waals surface area (Å²) in [6.45, 7) is 22.7. The molecular formula is C78H68N2O4. The Bertz CT molecular complexity index is 4560. The first-order valence-corrected chi connectivity index (χ1v) is 30.4. The van der Waals surface area contributed by atoms with E-state index in [2.05, 4.69) is 235 Å². The van der Waals surface area contributed by atoms with Crippen LogP contribution in [0, 0.1) is 0 Å². The Balaban J connectivity index is 0.862. The molecule has 0 N–H and O–H groups in total. The van der Waals surface area contributed by atoms with Crippen molar-refractivity contribution >= 4 is 76.4 Å². The summed E-state index contributed by atoms with van der Waals surface area (Å²) >= 11 is 0. The third kappa shape index (κ3) is 7.41. The van der Waals surface area contributed by atoms with Crippen LogP contribution in [0.3, 0.4) is 0 Å². The maximum Gasteiger partial charge on any atom is 0.344 e. The van der Waals surface area contributed by atoms with Gasteiger partial charge in [-0.1, -0.05) is 189 Å². The topological polar surface area (TPSA) is 66.9 Å². The van der Waals surface area contributed by atoms with E-state index < -0.39 is 0 Å². The summed E-state index contributed by atoms with van der Waals surface area (Å²) in [5.41, 5.74) is 17.6. The molecule has 4 aliphatic rings. The van der Waals surface area contributed by atoms with Crippen molar-refractivity contribution in [2.45, 2.75) is 103 Å². The zero-order valence-electron chi connectivity index (χ0n) is 49.4. The van der Waals surface area contributed by atoms with Gasteiger partial charge in [0.2, 0.25) is 0 Å². The normalized spacial score (nSPS) is 17.3. The van der Waals surface area contributed by atoms with Gasteiger partial charge in [0.05, 0.1) is 11.1 Å². The Labute approximate surface area is 490 Å². The number of benzene rings is 10. The quantitative estimate of drug-likeness (QED) is 0.126. The summed E-state index contributed by atoms with van der Waals surface area (Å²) in [4.78, 5) is 34.2. The summed E-state index contributed by atoms with van der Waals surface area (Å²) in [5.74, 6) is 0. The molecule has 2 aromatic heterocycles. The van der Waals surface area contributed by atoms with E-state index in [-0.39, 0.29) is 32.9 Å². The Kier molecular flexibility index (Phi) is 10.8. The third-order valence-electron chi connectivity index (χ3n) is 20.5. The van der Waals surface area contributed by atoms with Gasteiger partial charge in [0, 0.05) is 59.5 Å². The number of hydrogen-bond donors (Lipinski definition) is 0. The minimum atomic E-state index is -0.315. The summed E-state index contributed by atoms with van der Waals surface area (Å²) < 4.78 is 13.1. The zero-order valence-corrected chi connectivity index (χ0v) is 49.4. The highest BCUT2D eigenvalue weighted by Crippen LogP contribution is 2.55. The SMILES string of the molecule is CC1(C)CCN2CCC(C)(C)c3c2c1cc1cc(-c2cccc(-c4c5ccccc5c(-c5c6ccccc6c(-c6cccc(-c7cc8cc9c%10c(c8oc7=O)C(C)(C)CCN%10CCC9(C)C)c6)c6ccccc56)c5ccccc45)c2)c(=O)oc31. The largest absolute Gasteiger partial charge is 0.422 e. The van der Waals surface area contributed by atoms with Crippen LogP contribution in [0.15, 0.2) is 188 Å². The van der Waals surface area contributed by atoms with Crippen molar-refractivity contribution < 1.29 is 8.83 Å². The van der Waals surface area contributed by atoms with Gasteiger partial charge in [-0.3, -0.25) is 0 Å². The predicted octanol–water partition coefficient (Wildman–Crippen LogP) is 19.2. The van der Waals surface area contributed by atoms with Crippen molar-refractivity contribution in [2.75, 3.05) is 36.0 Å². The van der Waals surface area contributed by atoms with Crippen LogP contribution < -0.4 is 21.1 Å². The summed E-state index contributed by atoms with van der Waals surface area (Å²) in [5, 5.41) is 11.0. The van der Waals surface area contributed by atoms with Crippen molar-refractivity contribution in [3.63, 3.8) is 0 Å². The van der Waals surface area contributed by atoms with Gasteiger partial charge in [0.15, 0.2) is 0 Å². The Morgan fingerprint density at radius 2 is 0.631 bits per heavy atom. The second-order valence-corrected chi connectivity index (χ2v) is 27.4. The van der Waals surface area contributed by atoms with Gasteiger partial charge in [-0.05, 0) is 182 Å². The molecule has 0 fully saturated rings. The van der Waals surface area contributed by atoms with Crippen LogP contribution in [0.4, 0.5) is 11.4 Å². The molecule has 4 aliphatic heterocycles. The molecule has 10 aromatic carbocycles. The fourth-order valence-corrected chi connectivity index (χ4v) is 15.8. The number of rotatable bonds is 5. The summed E-state index contributed by atoms with van der Waals surface area (Å²) in [6, 6.07) is 61.2. The highest BCUT2D eigenvalue weighted by molar-refractivity contribution is 6.30. The standard InChI is InChI=1S/C78H68N2O4/c1-75(2)31-35-79-37-33-77(5,6)67-69(79)61(75)43-49-41-59(73(81)83-71(49)67)45-19-17-21-47(39-45)63-51-23-9-13-27-55(51)65(56-28-14-10-24-52(56)63)66-57-29-15-11-25-53(57)64(54-26-12-16-30-58(54)66)48-22-18-20-46(40-48)60-42-50-44-62-70-68(72(50)84-74(60)82)78(7,8)34-38-80(70)36-32-76(62,3)4/h9-30,39-44H,31-38H2,1-8H3. The molecule has 0 saturated carbocycles.